The summed E-state index contributed by atoms with van der Waals surface area (Å²) in [5, 5.41) is 0.0572. The zero-order valence-corrected chi connectivity index (χ0v) is 10.0. The highest BCUT2D eigenvalue weighted by atomic mass is 32.3. The molecule has 0 atom stereocenters. The standard InChI is InChI=1S/C9H9NO4S2/c1-13-7-4-2-3-5-8(7)14-9-10-16(11,12)6-15-9/h2-5H,6H2,1H3. The molecule has 16 heavy (non-hydrogen) atoms. The van der Waals surface area contributed by atoms with Crippen LogP contribution < -0.4 is 9.47 Å². The number of sulfonamides is 1. The lowest BCUT2D eigenvalue weighted by Crippen LogP contribution is -2.01. The fourth-order valence-corrected chi connectivity index (χ4v) is 3.31. The molecule has 1 aromatic carbocycles. The van der Waals surface area contributed by atoms with Crippen molar-refractivity contribution in [3.63, 3.8) is 0 Å². The Morgan fingerprint density at radius 3 is 2.56 bits per heavy atom. The predicted molar refractivity (Wildman–Crippen MR) is 62.4 cm³/mol. The van der Waals surface area contributed by atoms with Crippen LogP contribution in [0, 0.1) is 0 Å². The topological polar surface area (TPSA) is 65.0 Å². The van der Waals surface area contributed by atoms with Crippen LogP contribution in [0.15, 0.2) is 28.7 Å². The number of ether oxygens (including phenoxy) is 2. The molecule has 0 N–H and O–H groups in total. The minimum absolute atomic E-state index is 0.0719. The first-order valence-corrected chi connectivity index (χ1v) is 6.96. The van der Waals surface area contributed by atoms with Gasteiger partial charge in [0.2, 0.25) is 0 Å². The first-order chi connectivity index (χ1) is 7.61. The summed E-state index contributed by atoms with van der Waals surface area (Å²) >= 11 is 1.05. The molecule has 0 radical (unpaired) electrons. The van der Waals surface area contributed by atoms with Crippen molar-refractivity contribution in [1.82, 2.24) is 0 Å². The lowest BCUT2D eigenvalue weighted by molar-refractivity contribution is 0.393. The number of benzene rings is 1. The van der Waals surface area contributed by atoms with E-state index in [1.165, 1.54) is 7.11 Å². The van der Waals surface area contributed by atoms with Crippen molar-refractivity contribution in [1.29, 1.82) is 0 Å². The highest BCUT2D eigenvalue weighted by Gasteiger charge is 2.23. The molecular formula is C9H9NO4S2. The maximum Gasteiger partial charge on any atom is 0.268 e. The van der Waals surface area contributed by atoms with E-state index < -0.39 is 10.0 Å². The Labute approximate surface area is 97.5 Å². The first kappa shape index (κ1) is 11.3. The summed E-state index contributed by atoms with van der Waals surface area (Å²) in [5.74, 6) is 0.989. The van der Waals surface area contributed by atoms with Crippen molar-refractivity contribution >= 4 is 27.0 Å². The Hall–Kier alpha value is -1.21. The number of para-hydroxylation sites is 2. The van der Waals surface area contributed by atoms with Crippen LogP contribution in [-0.2, 0) is 10.0 Å². The van der Waals surface area contributed by atoms with E-state index in [1.54, 1.807) is 24.3 Å². The van der Waals surface area contributed by atoms with Gasteiger partial charge in [-0.15, -0.1) is 4.40 Å². The van der Waals surface area contributed by atoms with Crippen LogP contribution in [0.2, 0.25) is 0 Å². The van der Waals surface area contributed by atoms with Gasteiger partial charge in [0.15, 0.2) is 11.5 Å². The van der Waals surface area contributed by atoms with E-state index in [1.807, 2.05) is 0 Å². The summed E-state index contributed by atoms with van der Waals surface area (Å²) < 4.78 is 36.0. The van der Waals surface area contributed by atoms with Crippen LogP contribution in [-0.4, -0.2) is 25.8 Å². The van der Waals surface area contributed by atoms with Crippen molar-refractivity contribution in [2.24, 2.45) is 4.40 Å². The molecule has 1 heterocycles. The maximum atomic E-state index is 11.1. The third-order valence-electron chi connectivity index (χ3n) is 1.81. The van der Waals surface area contributed by atoms with E-state index >= 15 is 0 Å². The van der Waals surface area contributed by atoms with Crippen LogP contribution in [0.4, 0.5) is 0 Å². The molecule has 0 unspecified atom stereocenters. The molecule has 0 fully saturated rings. The summed E-state index contributed by atoms with van der Waals surface area (Å²) in [7, 11) is -1.83. The molecule has 0 spiro atoms. The second kappa shape index (κ2) is 4.34. The van der Waals surface area contributed by atoms with E-state index in [0.29, 0.717) is 11.5 Å². The van der Waals surface area contributed by atoms with Gasteiger partial charge in [0.05, 0.1) is 7.11 Å². The normalized spacial score (nSPS) is 17.9. The van der Waals surface area contributed by atoms with Gasteiger partial charge in [-0.05, 0) is 23.9 Å². The van der Waals surface area contributed by atoms with Gasteiger partial charge in [0, 0.05) is 0 Å². The molecule has 1 aliphatic rings. The lowest BCUT2D eigenvalue weighted by Gasteiger charge is -2.07. The number of rotatable bonds is 2. The van der Waals surface area contributed by atoms with E-state index in [-0.39, 0.29) is 10.3 Å². The summed E-state index contributed by atoms with van der Waals surface area (Å²) in [4.78, 5) is 0. The van der Waals surface area contributed by atoms with Crippen molar-refractivity contribution in [3.8, 4) is 11.5 Å². The van der Waals surface area contributed by atoms with Gasteiger partial charge >= 0.3 is 0 Å². The number of nitrogens with zero attached hydrogens (tertiary/aromatic N) is 1. The molecule has 86 valence electrons. The SMILES string of the molecule is COc1ccccc1OC1=NS(=O)(=O)CS1. The Bertz CT molecular complexity index is 524. The molecule has 0 saturated carbocycles. The molecule has 0 aromatic heterocycles. The van der Waals surface area contributed by atoms with E-state index in [0.717, 1.165) is 11.8 Å². The van der Waals surface area contributed by atoms with Gasteiger partial charge in [-0.3, -0.25) is 0 Å². The largest absolute Gasteiger partial charge is 0.493 e. The Morgan fingerprint density at radius 2 is 2.00 bits per heavy atom. The van der Waals surface area contributed by atoms with Crippen molar-refractivity contribution in [2.45, 2.75) is 0 Å². The van der Waals surface area contributed by atoms with E-state index in [4.69, 9.17) is 9.47 Å². The summed E-state index contributed by atoms with van der Waals surface area (Å²) in [6.07, 6.45) is 0. The van der Waals surface area contributed by atoms with Crippen LogP contribution >= 0.6 is 11.8 Å². The molecule has 7 heteroatoms. The minimum atomic E-state index is -3.35. The number of hydrogen-bond acceptors (Lipinski definition) is 5. The summed E-state index contributed by atoms with van der Waals surface area (Å²) in [5.41, 5.74) is 0. The molecular weight excluding hydrogens is 250 g/mol. The second-order valence-electron chi connectivity index (χ2n) is 2.95. The molecule has 0 saturated heterocycles. The zero-order chi connectivity index (χ0) is 11.6. The highest BCUT2D eigenvalue weighted by Crippen LogP contribution is 2.29. The number of methoxy groups -OCH3 is 1. The van der Waals surface area contributed by atoms with Gasteiger partial charge in [0.1, 0.15) is 5.08 Å². The van der Waals surface area contributed by atoms with Crippen molar-refractivity contribution in [3.05, 3.63) is 24.3 Å². The number of thioether (sulfide) groups is 1. The highest BCUT2D eigenvalue weighted by molar-refractivity contribution is 8.24. The second-order valence-corrected chi connectivity index (χ2v) is 5.88. The van der Waals surface area contributed by atoms with Crippen molar-refractivity contribution in [2.75, 3.05) is 12.2 Å². The first-order valence-electron chi connectivity index (χ1n) is 4.37. The fourth-order valence-electron chi connectivity index (χ4n) is 1.14. The monoisotopic (exact) mass is 259 g/mol. The summed E-state index contributed by atoms with van der Waals surface area (Å²) in [6.45, 7) is 0. The molecule has 0 bridgehead atoms. The molecule has 1 aromatic rings. The number of hydrogen-bond donors (Lipinski definition) is 0. The third kappa shape index (κ3) is 2.48. The van der Waals surface area contributed by atoms with Crippen molar-refractivity contribution < 1.29 is 17.9 Å². The smallest absolute Gasteiger partial charge is 0.268 e. The molecule has 1 aliphatic heterocycles. The van der Waals surface area contributed by atoms with Gasteiger partial charge < -0.3 is 9.47 Å². The minimum Gasteiger partial charge on any atom is -0.493 e. The average molecular weight is 259 g/mol. The molecule has 0 amide bonds. The average Bonchev–Trinajstić information content (AvgIpc) is 2.59. The quantitative estimate of drug-likeness (QED) is 0.804. The van der Waals surface area contributed by atoms with Gasteiger partial charge in [-0.1, -0.05) is 12.1 Å². The Morgan fingerprint density at radius 1 is 1.31 bits per heavy atom. The molecule has 2 rings (SSSR count). The van der Waals surface area contributed by atoms with E-state index in [2.05, 4.69) is 4.40 Å². The van der Waals surface area contributed by atoms with Gasteiger partial charge in [-0.2, -0.15) is 0 Å². The van der Waals surface area contributed by atoms with Gasteiger partial charge in [0.25, 0.3) is 15.3 Å². The van der Waals surface area contributed by atoms with Gasteiger partial charge in [-0.25, -0.2) is 8.42 Å². The van der Waals surface area contributed by atoms with Crippen LogP contribution in [0.1, 0.15) is 0 Å². The predicted octanol–water partition coefficient (Wildman–Crippen LogP) is 1.46. The van der Waals surface area contributed by atoms with Crippen LogP contribution in [0.3, 0.4) is 0 Å². The fraction of sp³-hybridized carbons (Fsp3) is 0.222. The Balaban J connectivity index is 2.22. The zero-order valence-electron chi connectivity index (χ0n) is 8.41. The van der Waals surface area contributed by atoms with Crippen LogP contribution in [0.5, 0.6) is 11.5 Å². The van der Waals surface area contributed by atoms with Crippen LogP contribution in [0.25, 0.3) is 0 Å². The molecule has 0 aliphatic carbocycles. The van der Waals surface area contributed by atoms with E-state index in [9.17, 15) is 8.42 Å². The third-order valence-corrected chi connectivity index (χ3v) is 4.46. The lowest BCUT2D eigenvalue weighted by atomic mass is 10.3. The molecule has 5 nitrogen and oxygen atoms in total. The summed E-state index contributed by atoms with van der Waals surface area (Å²) in [6, 6.07) is 6.98. The Kier molecular flexibility index (Phi) is 3.06. The maximum absolute atomic E-state index is 11.1.